The molecule has 0 radical (unpaired) electrons. The molecule has 0 bridgehead atoms. The van der Waals surface area contributed by atoms with Crippen molar-refractivity contribution >= 4 is 36.3 Å². The highest BCUT2D eigenvalue weighted by molar-refractivity contribution is 7.92. The van der Waals surface area contributed by atoms with Crippen molar-refractivity contribution in [3.63, 3.8) is 0 Å². The van der Waals surface area contributed by atoms with Crippen molar-refractivity contribution in [1.29, 1.82) is 0 Å². The van der Waals surface area contributed by atoms with Crippen molar-refractivity contribution in [2.75, 3.05) is 29.4 Å². The summed E-state index contributed by atoms with van der Waals surface area (Å²) in [7, 11) is -7.78. The molecule has 0 aliphatic heterocycles. The van der Waals surface area contributed by atoms with Gasteiger partial charge in [0.05, 0.1) is 35.3 Å². The molecule has 0 saturated heterocycles. The number of phenols is 1. The first-order valence-corrected chi connectivity index (χ1v) is 10.2. The Kier molecular flexibility index (Phi) is 5.33. The zero-order valence-electron chi connectivity index (χ0n) is 12.5. The highest BCUT2D eigenvalue weighted by atomic mass is 32.2. The largest absolute Gasteiger partial charge is 0.507 e. The summed E-state index contributed by atoms with van der Waals surface area (Å²) in [4.78, 5) is -0.202. The van der Waals surface area contributed by atoms with Crippen LogP contribution in [0.2, 0.25) is 0 Å². The van der Waals surface area contributed by atoms with Crippen LogP contribution < -0.4 is 4.72 Å². The molecule has 0 aromatic heterocycles. The molecule has 4 N–H and O–H groups in total. The lowest BCUT2D eigenvalue weighted by Crippen LogP contribution is -2.19. The summed E-state index contributed by atoms with van der Waals surface area (Å²) in [5.41, 5.74) is -0.0339. The molecule has 0 aliphatic rings. The van der Waals surface area contributed by atoms with Crippen LogP contribution in [-0.4, -0.2) is 56.9 Å². The number of hydrogen-bond acceptors (Lipinski definition) is 7. The lowest BCUT2D eigenvalue weighted by atomic mass is 10.1. The third-order valence-electron chi connectivity index (χ3n) is 3.30. The van der Waals surface area contributed by atoms with Gasteiger partial charge in [0.15, 0.2) is 9.84 Å². The monoisotopic (exact) mass is 375 g/mol. The Hall–Kier alpha value is -1.88. The number of hydrogen-bond donors (Lipinski definition) is 4. The molecule has 0 saturated carbocycles. The molecule has 0 heterocycles. The summed E-state index contributed by atoms with van der Waals surface area (Å²) in [5, 5.41) is 27.9. The third kappa shape index (κ3) is 3.78. The van der Waals surface area contributed by atoms with Gasteiger partial charge in [0.1, 0.15) is 5.75 Å². The Labute approximate surface area is 139 Å². The van der Waals surface area contributed by atoms with E-state index >= 15 is 0 Å². The molecule has 2 rings (SSSR count). The van der Waals surface area contributed by atoms with Crippen molar-refractivity contribution in [3.8, 4) is 5.75 Å². The van der Waals surface area contributed by atoms with Gasteiger partial charge in [-0.15, -0.1) is 0 Å². The van der Waals surface area contributed by atoms with Gasteiger partial charge in [-0.1, -0.05) is 12.1 Å². The molecule has 0 amide bonds. The van der Waals surface area contributed by atoms with Crippen LogP contribution in [0.5, 0.6) is 5.75 Å². The van der Waals surface area contributed by atoms with Gasteiger partial charge in [0, 0.05) is 10.8 Å². The van der Waals surface area contributed by atoms with Crippen LogP contribution in [0, 0.1) is 0 Å². The molecule has 8 nitrogen and oxygen atoms in total. The second-order valence-corrected chi connectivity index (χ2v) is 8.92. The second-order valence-electron chi connectivity index (χ2n) is 5.00. The Morgan fingerprint density at radius 2 is 1.58 bits per heavy atom. The lowest BCUT2D eigenvalue weighted by Gasteiger charge is -2.14. The topological polar surface area (TPSA) is 141 Å². The first-order chi connectivity index (χ1) is 11.2. The van der Waals surface area contributed by atoms with Gasteiger partial charge >= 0.3 is 0 Å². The van der Waals surface area contributed by atoms with E-state index in [1.807, 2.05) is 0 Å². The molecule has 0 aliphatic carbocycles. The summed E-state index contributed by atoms with van der Waals surface area (Å²) in [5.74, 6) is -1.30. The molecule has 2 aromatic rings. The van der Waals surface area contributed by atoms with Crippen LogP contribution >= 0.6 is 0 Å². The molecular weight excluding hydrogens is 358 g/mol. The van der Waals surface area contributed by atoms with E-state index in [1.54, 1.807) is 0 Å². The van der Waals surface area contributed by atoms with E-state index < -0.39 is 44.6 Å². The Morgan fingerprint density at radius 1 is 0.917 bits per heavy atom. The van der Waals surface area contributed by atoms with E-state index in [-0.39, 0.29) is 27.1 Å². The van der Waals surface area contributed by atoms with Crippen LogP contribution in [-0.2, 0) is 19.9 Å². The molecule has 2 aromatic carbocycles. The molecule has 0 spiro atoms. The van der Waals surface area contributed by atoms with Crippen molar-refractivity contribution in [3.05, 3.63) is 30.3 Å². The van der Waals surface area contributed by atoms with Crippen molar-refractivity contribution < 1.29 is 32.2 Å². The molecular formula is C14H17NO7S2. The number of sulfone groups is 1. The maximum Gasteiger partial charge on any atom is 0.235 e. The van der Waals surface area contributed by atoms with E-state index in [2.05, 4.69) is 4.72 Å². The molecule has 0 unspecified atom stereocenters. The third-order valence-corrected chi connectivity index (χ3v) is 6.28. The van der Waals surface area contributed by atoms with Gasteiger partial charge in [-0.05, 0) is 18.2 Å². The molecule has 0 atom stereocenters. The number of anilines is 1. The van der Waals surface area contributed by atoms with Gasteiger partial charge in [-0.2, -0.15) is 0 Å². The first-order valence-electron chi connectivity index (χ1n) is 6.91. The van der Waals surface area contributed by atoms with Crippen LogP contribution in [0.1, 0.15) is 0 Å². The fourth-order valence-electron chi connectivity index (χ4n) is 2.27. The number of nitrogens with one attached hydrogen (secondary N) is 1. The Balaban J connectivity index is 2.76. The van der Waals surface area contributed by atoms with Gasteiger partial charge in [0.25, 0.3) is 0 Å². The predicted octanol–water partition coefficient (Wildman–Crippen LogP) is 0.0454. The minimum absolute atomic E-state index is 0.00691. The molecule has 24 heavy (non-hydrogen) atoms. The highest BCUT2D eigenvalue weighted by Gasteiger charge is 2.22. The fraction of sp³-hybridized carbons (Fsp3) is 0.286. The maximum absolute atomic E-state index is 12.3. The summed E-state index contributed by atoms with van der Waals surface area (Å²) in [6, 6.07) is 6.62. The summed E-state index contributed by atoms with van der Waals surface area (Å²) in [6.45, 7) is -1.19. The number of aromatic hydroxyl groups is 1. The van der Waals surface area contributed by atoms with Crippen LogP contribution in [0.15, 0.2) is 35.2 Å². The smallest absolute Gasteiger partial charge is 0.235 e. The lowest BCUT2D eigenvalue weighted by molar-refractivity contribution is 0.319. The quantitative estimate of drug-likeness (QED) is 0.501. The number of sulfonamides is 1. The number of phenolic OH excluding ortho intramolecular Hbond substituents is 1. The van der Waals surface area contributed by atoms with Gasteiger partial charge in [0.2, 0.25) is 10.0 Å². The number of fused-ring (bicyclic) bond motifs is 1. The zero-order chi connectivity index (χ0) is 18.0. The molecule has 0 fully saturated rings. The van der Waals surface area contributed by atoms with Crippen molar-refractivity contribution in [2.24, 2.45) is 0 Å². The number of aliphatic hydroxyl groups is 2. The SMILES string of the molecule is O=S(=O)(CCO)Nc1ccc(O)c2cccc(S(=O)(=O)CCO)c12. The standard InChI is InChI=1S/C14H17NO7S2/c16-6-8-23(19,20)13-3-1-2-10-12(18)5-4-11(14(10)13)15-24(21,22)9-7-17/h1-5,15-18H,6-9H2. The van der Waals surface area contributed by atoms with E-state index in [1.165, 1.54) is 30.3 Å². The second kappa shape index (κ2) is 6.93. The highest BCUT2D eigenvalue weighted by Crippen LogP contribution is 2.36. The van der Waals surface area contributed by atoms with Crippen LogP contribution in [0.25, 0.3) is 10.8 Å². The number of benzene rings is 2. The first kappa shape index (κ1) is 18.5. The summed E-state index contributed by atoms with van der Waals surface area (Å²) in [6.07, 6.45) is 0. The average Bonchev–Trinajstić information content (AvgIpc) is 2.49. The van der Waals surface area contributed by atoms with Crippen molar-refractivity contribution in [1.82, 2.24) is 0 Å². The van der Waals surface area contributed by atoms with Crippen LogP contribution in [0.4, 0.5) is 5.69 Å². The molecule has 132 valence electrons. The summed E-state index contributed by atoms with van der Waals surface area (Å²) < 4.78 is 50.7. The zero-order valence-corrected chi connectivity index (χ0v) is 14.1. The molecule has 10 heteroatoms. The van der Waals surface area contributed by atoms with E-state index in [4.69, 9.17) is 10.2 Å². The normalized spacial score (nSPS) is 12.4. The average molecular weight is 375 g/mol. The number of aliphatic hydroxyl groups excluding tert-OH is 2. The Morgan fingerprint density at radius 3 is 2.21 bits per heavy atom. The van der Waals surface area contributed by atoms with E-state index in [0.29, 0.717) is 0 Å². The van der Waals surface area contributed by atoms with Crippen molar-refractivity contribution in [2.45, 2.75) is 4.90 Å². The van der Waals surface area contributed by atoms with Gasteiger partial charge in [-0.3, -0.25) is 4.72 Å². The van der Waals surface area contributed by atoms with E-state index in [9.17, 15) is 21.9 Å². The van der Waals surface area contributed by atoms with Gasteiger partial charge in [-0.25, -0.2) is 16.8 Å². The predicted molar refractivity (Wildman–Crippen MR) is 89.2 cm³/mol. The minimum Gasteiger partial charge on any atom is -0.507 e. The Bertz CT molecular complexity index is 952. The van der Waals surface area contributed by atoms with Gasteiger partial charge < -0.3 is 15.3 Å². The number of rotatable bonds is 7. The maximum atomic E-state index is 12.3. The summed E-state index contributed by atoms with van der Waals surface area (Å²) >= 11 is 0. The fourth-order valence-corrected chi connectivity index (χ4v) is 4.40. The van der Waals surface area contributed by atoms with E-state index in [0.717, 1.165) is 0 Å². The van der Waals surface area contributed by atoms with Crippen LogP contribution in [0.3, 0.4) is 0 Å². The minimum atomic E-state index is -3.89.